The summed E-state index contributed by atoms with van der Waals surface area (Å²) >= 11 is 0. The van der Waals surface area contributed by atoms with Crippen molar-refractivity contribution < 1.29 is 0 Å². The Kier molecular flexibility index (Phi) is 6.28. The van der Waals surface area contributed by atoms with Gasteiger partial charge in [0, 0.05) is 0 Å². The highest BCUT2D eigenvalue weighted by Gasteiger charge is 2.49. The number of hydrogen-bond acceptors (Lipinski definition) is 0. The number of hydrogen-bond donors (Lipinski definition) is 0. The highest BCUT2D eigenvalue weighted by Crippen LogP contribution is 2.58. The average molecular weight is 305 g/mol. The van der Waals surface area contributed by atoms with Gasteiger partial charge in [0.15, 0.2) is 0 Å². The summed E-state index contributed by atoms with van der Waals surface area (Å²) in [6.45, 7) is 2.48. The zero-order chi connectivity index (χ0) is 15.3. The van der Waals surface area contributed by atoms with E-state index in [4.69, 9.17) is 0 Å². The molecule has 0 aromatic carbocycles. The molecule has 0 heterocycles. The van der Waals surface area contributed by atoms with Crippen LogP contribution in [0.4, 0.5) is 0 Å². The first kappa shape index (κ1) is 16.8. The van der Waals surface area contributed by atoms with E-state index in [9.17, 15) is 0 Å². The molecule has 0 atom stereocenters. The van der Waals surface area contributed by atoms with Gasteiger partial charge in [-0.2, -0.15) is 0 Å². The molecule has 0 aromatic heterocycles. The third-order valence-electron chi connectivity index (χ3n) is 7.78. The topological polar surface area (TPSA) is 0 Å². The third-order valence-corrected chi connectivity index (χ3v) is 7.78. The van der Waals surface area contributed by atoms with Gasteiger partial charge in [0.05, 0.1) is 0 Å². The predicted molar refractivity (Wildman–Crippen MR) is 97.1 cm³/mol. The van der Waals surface area contributed by atoms with Crippen molar-refractivity contribution in [1.29, 1.82) is 0 Å². The van der Waals surface area contributed by atoms with E-state index in [1.54, 1.807) is 44.9 Å². The molecule has 0 saturated heterocycles. The second-order valence-electron chi connectivity index (χ2n) is 8.87. The quantitative estimate of drug-likeness (QED) is 0.493. The molecule has 0 spiro atoms. The average Bonchev–Trinajstić information content (AvgIpc) is 2.62. The van der Waals surface area contributed by atoms with Gasteiger partial charge in [-0.3, -0.25) is 0 Å². The van der Waals surface area contributed by atoms with Crippen molar-refractivity contribution in [3.05, 3.63) is 0 Å². The van der Waals surface area contributed by atoms with Crippen LogP contribution in [0.15, 0.2) is 0 Å². The smallest absolute Gasteiger partial charge is 0.0213 e. The Labute approximate surface area is 139 Å². The second kappa shape index (κ2) is 8.20. The van der Waals surface area contributed by atoms with Crippen LogP contribution in [0.2, 0.25) is 0 Å². The van der Waals surface area contributed by atoms with Crippen molar-refractivity contribution in [3.63, 3.8) is 0 Å². The third kappa shape index (κ3) is 3.41. The zero-order valence-corrected chi connectivity index (χ0v) is 15.3. The van der Waals surface area contributed by atoms with Crippen LogP contribution in [-0.4, -0.2) is 0 Å². The lowest BCUT2D eigenvalue weighted by molar-refractivity contribution is -0.0559. The lowest BCUT2D eigenvalue weighted by atomic mass is 9.50. The fourth-order valence-electron chi connectivity index (χ4n) is 6.97. The van der Waals surface area contributed by atoms with E-state index in [0.717, 1.165) is 23.2 Å². The van der Waals surface area contributed by atoms with Crippen molar-refractivity contribution in [2.45, 2.75) is 116 Å². The summed E-state index contributed by atoms with van der Waals surface area (Å²) in [6.07, 6.45) is 26.2. The van der Waals surface area contributed by atoms with Crippen LogP contribution < -0.4 is 0 Å². The Hall–Kier alpha value is 0. The van der Waals surface area contributed by atoms with Gasteiger partial charge in [0.2, 0.25) is 0 Å². The molecule has 128 valence electrons. The van der Waals surface area contributed by atoms with Crippen LogP contribution in [-0.2, 0) is 0 Å². The van der Waals surface area contributed by atoms with E-state index in [0.29, 0.717) is 0 Å². The maximum atomic E-state index is 2.48. The minimum Gasteiger partial charge on any atom is -0.0654 e. The van der Waals surface area contributed by atoms with E-state index in [1.165, 1.54) is 64.2 Å². The Morgan fingerprint density at radius 3 is 1.14 bits per heavy atom. The summed E-state index contributed by atoms with van der Waals surface area (Å²) in [7, 11) is 0. The van der Waals surface area contributed by atoms with E-state index in [-0.39, 0.29) is 0 Å². The van der Waals surface area contributed by atoms with Gasteiger partial charge in [-0.05, 0) is 68.1 Å². The lowest BCUT2D eigenvalue weighted by Crippen LogP contribution is -2.46. The molecule has 0 amide bonds. The van der Waals surface area contributed by atoms with E-state index in [1.807, 2.05) is 0 Å². The molecule has 3 saturated carbocycles. The van der Waals surface area contributed by atoms with Crippen molar-refractivity contribution in [2.75, 3.05) is 0 Å². The Morgan fingerprint density at radius 2 is 0.864 bits per heavy atom. The van der Waals surface area contributed by atoms with Gasteiger partial charge in [-0.25, -0.2) is 0 Å². The summed E-state index contributed by atoms with van der Waals surface area (Å²) in [5, 5.41) is 0. The Balaban J connectivity index is 1.88. The highest BCUT2D eigenvalue weighted by atomic mass is 14.5. The monoisotopic (exact) mass is 304 g/mol. The van der Waals surface area contributed by atoms with Gasteiger partial charge in [0.1, 0.15) is 0 Å². The first-order valence-electron chi connectivity index (χ1n) is 10.9. The van der Waals surface area contributed by atoms with Crippen LogP contribution >= 0.6 is 0 Å². The van der Waals surface area contributed by atoms with Crippen LogP contribution in [0, 0.1) is 23.2 Å². The predicted octanol–water partition coefficient (Wildman–Crippen LogP) is 7.51. The molecule has 0 aromatic rings. The van der Waals surface area contributed by atoms with Gasteiger partial charge in [-0.1, -0.05) is 71.1 Å². The molecule has 0 nitrogen and oxygen atoms in total. The van der Waals surface area contributed by atoms with Crippen molar-refractivity contribution in [3.8, 4) is 0 Å². The molecule has 0 N–H and O–H groups in total. The Morgan fingerprint density at radius 1 is 0.545 bits per heavy atom. The van der Waals surface area contributed by atoms with Gasteiger partial charge < -0.3 is 0 Å². The summed E-state index contributed by atoms with van der Waals surface area (Å²) in [5.74, 6) is 3.27. The molecule has 0 aliphatic heterocycles. The van der Waals surface area contributed by atoms with Crippen LogP contribution in [0.5, 0.6) is 0 Å². The molecular formula is C22H40. The van der Waals surface area contributed by atoms with E-state index >= 15 is 0 Å². The summed E-state index contributed by atoms with van der Waals surface area (Å²) in [6, 6.07) is 0. The lowest BCUT2D eigenvalue weighted by Gasteiger charge is -2.55. The zero-order valence-electron chi connectivity index (χ0n) is 15.3. The van der Waals surface area contributed by atoms with Crippen LogP contribution in [0.25, 0.3) is 0 Å². The van der Waals surface area contributed by atoms with Gasteiger partial charge in [0.25, 0.3) is 0 Å². The van der Waals surface area contributed by atoms with Crippen molar-refractivity contribution in [1.82, 2.24) is 0 Å². The molecule has 22 heavy (non-hydrogen) atoms. The maximum Gasteiger partial charge on any atom is -0.0213 e. The standard InChI is InChI=1S/C22H40/c1-2-18-22(19-12-6-3-7-13-19,20-14-8-4-9-15-20)21-16-10-5-11-17-21/h19-21H,2-18H2,1H3. The van der Waals surface area contributed by atoms with Gasteiger partial charge >= 0.3 is 0 Å². The van der Waals surface area contributed by atoms with Crippen LogP contribution in [0.3, 0.4) is 0 Å². The van der Waals surface area contributed by atoms with E-state index < -0.39 is 0 Å². The first-order chi connectivity index (χ1) is 10.9. The first-order valence-corrected chi connectivity index (χ1v) is 10.9. The number of rotatable bonds is 5. The highest BCUT2D eigenvalue weighted by molar-refractivity contribution is 4.99. The maximum absolute atomic E-state index is 2.48. The van der Waals surface area contributed by atoms with E-state index in [2.05, 4.69) is 6.92 Å². The molecule has 3 fully saturated rings. The minimum absolute atomic E-state index is 0.760. The van der Waals surface area contributed by atoms with Crippen LogP contribution in [0.1, 0.15) is 116 Å². The molecule has 3 rings (SSSR count). The molecule has 3 aliphatic rings. The Bertz CT molecular complexity index is 254. The molecule has 0 bridgehead atoms. The SMILES string of the molecule is CCCC(C1CCCCC1)(C1CCCCC1)C1CCCCC1. The fraction of sp³-hybridized carbons (Fsp3) is 1.00. The largest absolute Gasteiger partial charge is 0.0654 e. The van der Waals surface area contributed by atoms with Crippen molar-refractivity contribution in [2.24, 2.45) is 23.2 Å². The van der Waals surface area contributed by atoms with Crippen molar-refractivity contribution >= 4 is 0 Å². The molecular weight excluding hydrogens is 264 g/mol. The molecule has 3 aliphatic carbocycles. The fourth-order valence-corrected chi connectivity index (χ4v) is 6.97. The molecule has 0 radical (unpaired) electrons. The summed E-state index contributed by atoms with van der Waals surface area (Å²) in [5.41, 5.74) is 0.760. The minimum atomic E-state index is 0.760. The normalized spacial score (nSPS) is 27.1. The molecule has 0 heteroatoms. The second-order valence-corrected chi connectivity index (χ2v) is 8.87. The summed E-state index contributed by atoms with van der Waals surface area (Å²) < 4.78 is 0. The molecule has 0 unspecified atom stereocenters. The summed E-state index contributed by atoms with van der Waals surface area (Å²) in [4.78, 5) is 0. The van der Waals surface area contributed by atoms with Gasteiger partial charge in [-0.15, -0.1) is 0 Å².